The van der Waals surface area contributed by atoms with Gasteiger partial charge in [-0.05, 0) is 24.7 Å². The standard InChI is InChI=1S/C9H12N4S/c14-9-10-4-8-12(9)5-2-7-13-6-1-3-11-13/h1,3-4,6,8H,2,5,7H2,(H,10,14). The first kappa shape index (κ1) is 9.21. The van der Waals surface area contributed by atoms with Crippen molar-refractivity contribution in [3.8, 4) is 0 Å². The van der Waals surface area contributed by atoms with Crippen LogP contribution >= 0.6 is 12.2 Å². The van der Waals surface area contributed by atoms with Gasteiger partial charge in [0.15, 0.2) is 4.77 Å². The number of H-pyrrole nitrogens is 1. The molecule has 0 saturated carbocycles. The summed E-state index contributed by atoms with van der Waals surface area (Å²) < 4.78 is 4.74. The number of nitrogens with zero attached hydrogens (tertiary/aromatic N) is 3. The lowest BCUT2D eigenvalue weighted by Crippen LogP contribution is -2.03. The average Bonchev–Trinajstić information content (AvgIpc) is 2.78. The van der Waals surface area contributed by atoms with E-state index < -0.39 is 0 Å². The van der Waals surface area contributed by atoms with Gasteiger partial charge in [-0.3, -0.25) is 4.68 Å². The molecule has 0 fully saturated rings. The second kappa shape index (κ2) is 4.23. The molecule has 0 atom stereocenters. The lowest BCUT2D eigenvalue weighted by molar-refractivity contribution is 0.524. The molecule has 2 aromatic heterocycles. The monoisotopic (exact) mass is 208 g/mol. The van der Waals surface area contributed by atoms with Gasteiger partial charge in [-0.1, -0.05) is 0 Å². The zero-order valence-corrected chi connectivity index (χ0v) is 8.57. The topological polar surface area (TPSA) is 38.5 Å². The van der Waals surface area contributed by atoms with Gasteiger partial charge in [-0.2, -0.15) is 5.10 Å². The Morgan fingerprint density at radius 2 is 2.29 bits per heavy atom. The van der Waals surface area contributed by atoms with E-state index in [9.17, 15) is 0 Å². The largest absolute Gasteiger partial charge is 0.337 e. The first-order valence-electron chi connectivity index (χ1n) is 4.57. The molecule has 4 nitrogen and oxygen atoms in total. The fourth-order valence-electron chi connectivity index (χ4n) is 1.36. The van der Waals surface area contributed by atoms with E-state index in [0.29, 0.717) is 0 Å². The van der Waals surface area contributed by atoms with Gasteiger partial charge < -0.3 is 9.55 Å². The van der Waals surface area contributed by atoms with E-state index in [2.05, 4.69) is 10.1 Å². The summed E-state index contributed by atoms with van der Waals surface area (Å²) in [5.74, 6) is 0. The second-order valence-corrected chi connectivity index (χ2v) is 3.47. The Labute approximate surface area is 87.2 Å². The average molecular weight is 208 g/mol. The molecule has 2 aromatic rings. The van der Waals surface area contributed by atoms with Crippen LogP contribution in [0.5, 0.6) is 0 Å². The minimum absolute atomic E-state index is 0.783. The van der Waals surface area contributed by atoms with Crippen LogP contribution in [0.3, 0.4) is 0 Å². The molecular formula is C9H12N4S. The molecule has 5 heteroatoms. The summed E-state index contributed by atoms with van der Waals surface area (Å²) in [4.78, 5) is 2.97. The van der Waals surface area contributed by atoms with Crippen LogP contribution in [-0.4, -0.2) is 19.3 Å². The van der Waals surface area contributed by atoms with Gasteiger partial charge in [0.1, 0.15) is 0 Å². The van der Waals surface area contributed by atoms with Gasteiger partial charge in [0.25, 0.3) is 0 Å². The molecule has 0 unspecified atom stereocenters. The highest BCUT2D eigenvalue weighted by molar-refractivity contribution is 7.71. The van der Waals surface area contributed by atoms with Crippen LogP contribution in [-0.2, 0) is 13.1 Å². The highest BCUT2D eigenvalue weighted by Gasteiger charge is 1.94. The van der Waals surface area contributed by atoms with Crippen molar-refractivity contribution >= 4 is 12.2 Å². The van der Waals surface area contributed by atoms with Gasteiger partial charge in [0.2, 0.25) is 0 Å². The van der Waals surface area contributed by atoms with Crippen LogP contribution in [0.2, 0.25) is 0 Å². The number of hydrogen-bond donors (Lipinski definition) is 1. The molecule has 0 radical (unpaired) electrons. The molecular weight excluding hydrogens is 196 g/mol. The molecule has 0 aliphatic rings. The summed E-state index contributed by atoms with van der Waals surface area (Å²) in [6.45, 7) is 1.86. The van der Waals surface area contributed by atoms with Crippen molar-refractivity contribution in [2.75, 3.05) is 0 Å². The summed E-state index contributed by atoms with van der Waals surface area (Å²) in [5, 5.41) is 4.13. The third kappa shape index (κ3) is 2.11. The third-order valence-electron chi connectivity index (χ3n) is 2.07. The van der Waals surface area contributed by atoms with Gasteiger partial charge in [-0.15, -0.1) is 0 Å². The molecule has 2 rings (SSSR count). The highest BCUT2D eigenvalue weighted by Crippen LogP contribution is 1.96. The van der Waals surface area contributed by atoms with Crippen LogP contribution < -0.4 is 0 Å². The minimum Gasteiger partial charge on any atom is -0.337 e. The molecule has 0 saturated heterocycles. The van der Waals surface area contributed by atoms with Gasteiger partial charge in [-0.25, -0.2) is 0 Å². The summed E-state index contributed by atoms with van der Waals surface area (Å²) in [7, 11) is 0. The Bertz CT molecular complexity index is 426. The van der Waals surface area contributed by atoms with Crippen LogP contribution in [0.25, 0.3) is 0 Å². The Kier molecular flexibility index (Phi) is 2.78. The SMILES string of the molecule is S=c1[nH]ccn1CCCn1cccn1. The maximum Gasteiger partial charge on any atom is 0.177 e. The molecule has 0 spiro atoms. The zero-order valence-electron chi connectivity index (χ0n) is 7.76. The number of aromatic nitrogens is 4. The van der Waals surface area contributed by atoms with Gasteiger partial charge in [0, 0.05) is 37.9 Å². The predicted octanol–water partition coefficient (Wildman–Crippen LogP) is 1.83. The fraction of sp³-hybridized carbons (Fsp3) is 0.333. The summed E-state index contributed by atoms with van der Waals surface area (Å²) >= 11 is 5.08. The van der Waals surface area contributed by atoms with Crippen LogP contribution in [0.4, 0.5) is 0 Å². The van der Waals surface area contributed by atoms with Crippen LogP contribution in [0, 0.1) is 4.77 Å². The van der Waals surface area contributed by atoms with E-state index in [0.717, 1.165) is 24.3 Å². The molecule has 74 valence electrons. The van der Waals surface area contributed by atoms with Gasteiger partial charge >= 0.3 is 0 Å². The van der Waals surface area contributed by atoms with E-state index in [1.165, 1.54) is 0 Å². The molecule has 0 aromatic carbocycles. The van der Waals surface area contributed by atoms with Crippen LogP contribution in [0.1, 0.15) is 6.42 Å². The van der Waals surface area contributed by atoms with E-state index >= 15 is 0 Å². The molecule has 14 heavy (non-hydrogen) atoms. The molecule has 0 amide bonds. The zero-order chi connectivity index (χ0) is 9.80. The fourth-order valence-corrected chi connectivity index (χ4v) is 1.58. The Morgan fingerprint density at radius 1 is 1.36 bits per heavy atom. The maximum absolute atomic E-state index is 5.08. The van der Waals surface area contributed by atoms with E-state index in [1.54, 1.807) is 6.20 Å². The third-order valence-corrected chi connectivity index (χ3v) is 2.42. The van der Waals surface area contributed by atoms with Crippen molar-refractivity contribution in [3.63, 3.8) is 0 Å². The first-order valence-corrected chi connectivity index (χ1v) is 4.98. The number of aromatic amines is 1. The molecule has 1 N–H and O–H groups in total. The van der Waals surface area contributed by atoms with E-state index in [4.69, 9.17) is 12.2 Å². The van der Waals surface area contributed by atoms with Crippen molar-refractivity contribution in [2.45, 2.75) is 19.5 Å². The normalized spacial score (nSPS) is 10.6. The second-order valence-electron chi connectivity index (χ2n) is 3.08. The quantitative estimate of drug-likeness (QED) is 0.778. The van der Waals surface area contributed by atoms with Crippen molar-refractivity contribution in [2.24, 2.45) is 0 Å². The maximum atomic E-state index is 5.08. The Hall–Kier alpha value is -1.36. The number of imidazole rings is 1. The number of rotatable bonds is 4. The summed E-state index contributed by atoms with van der Waals surface area (Å²) in [5.41, 5.74) is 0. The van der Waals surface area contributed by atoms with Crippen molar-refractivity contribution in [1.82, 2.24) is 19.3 Å². The van der Waals surface area contributed by atoms with E-state index in [-0.39, 0.29) is 0 Å². The van der Waals surface area contributed by atoms with Crippen molar-refractivity contribution in [3.05, 3.63) is 35.6 Å². The Balaban J connectivity index is 1.84. The van der Waals surface area contributed by atoms with Crippen molar-refractivity contribution < 1.29 is 0 Å². The summed E-state index contributed by atoms with van der Waals surface area (Å²) in [6, 6.07) is 1.93. The van der Waals surface area contributed by atoms with Crippen LogP contribution in [0.15, 0.2) is 30.9 Å². The molecule has 0 aliphatic heterocycles. The first-order chi connectivity index (χ1) is 6.86. The predicted molar refractivity (Wildman–Crippen MR) is 56.5 cm³/mol. The molecule has 2 heterocycles. The number of nitrogens with one attached hydrogen (secondary N) is 1. The Morgan fingerprint density at radius 3 is 2.93 bits per heavy atom. The highest BCUT2D eigenvalue weighted by atomic mass is 32.1. The molecule has 0 aliphatic carbocycles. The number of aryl methyl sites for hydroxylation is 2. The molecule has 0 bridgehead atoms. The van der Waals surface area contributed by atoms with Gasteiger partial charge in [0.05, 0.1) is 0 Å². The minimum atomic E-state index is 0.783. The number of hydrogen-bond acceptors (Lipinski definition) is 2. The lowest BCUT2D eigenvalue weighted by atomic mass is 10.4. The summed E-state index contributed by atoms with van der Waals surface area (Å²) in [6.07, 6.45) is 8.62. The smallest absolute Gasteiger partial charge is 0.177 e. The van der Waals surface area contributed by atoms with E-state index in [1.807, 2.05) is 33.9 Å². The lowest BCUT2D eigenvalue weighted by Gasteiger charge is -2.02. The van der Waals surface area contributed by atoms with Crippen molar-refractivity contribution in [1.29, 1.82) is 0 Å².